The number of fused-ring (bicyclic) bond motifs is 15. The van der Waals surface area contributed by atoms with Crippen molar-refractivity contribution in [3.63, 3.8) is 0 Å². The molecule has 0 amide bonds. The van der Waals surface area contributed by atoms with Crippen LogP contribution in [0.3, 0.4) is 0 Å². The first-order chi connectivity index (χ1) is 27.7. The van der Waals surface area contributed by atoms with E-state index in [-0.39, 0.29) is 5.41 Å². The van der Waals surface area contributed by atoms with Gasteiger partial charge < -0.3 is 13.9 Å². The lowest BCUT2D eigenvalue weighted by atomic mass is 9.49. The molecule has 0 N–H and O–H groups in total. The van der Waals surface area contributed by atoms with Crippen LogP contribution in [0.2, 0.25) is 0 Å². The van der Waals surface area contributed by atoms with Crippen LogP contribution in [0.15, 0.2) is 162 Å². The van der Waals surface area contributed by atoms with Crippen LogP contribution in [0.25, 0.3) is 60.6 Å². The van der Waals surface area contributed by atoms with E-state index in [9.17, 15) is 0 Å². The molecule has 6 unspecified atom stereocenters. The second-order valence-corrected chi connectivity index (χ2v) is 17.8. The fraction of sp³-hybridized carbons (Fsp3) is 0.208. The Hall–Kier alpha value is -6.06. The molecule has 5 aliphatic carbocycles. The summed E-state index contributed by atoms with van der Waals surface area (Å²) in [4.78, 5) is 2.47. The second kappa shape index (κ2) is 10.4. The van der Waals surface area contributed by atoms with Crippen LogP contribution < -0.4 is 4.90 Å². The molecule has 0 radical (unpaired) electrons. The lowest BCUT2D eigenvalue weighted by Gasteiger charge is -2.54. The molecule has 14 rings (SSSR count). The van der Waals surface area contributed by atoms with Crippen molar-refractivity contribution in [3.05, 3.63) is 169 Å². The molecule has 5 aliphatic rings. The van der Waals surface area contributed by atoms with Gasteiger partial charge in [0.25, 0.3) is 0 Å². The summed E-state index contributed by atoms with van der Waals surface area (Å²) in [7, 11) is 0. The Morgan fingerprint density at radius 2 is 1.18 bits per heavy atom. The molecule has 0 aliphatic heterocycles. The van der Waals surface area contributed by atoms with Gasteiger partial charge in [-0.1, -0.05) is 91.0 Å². The minimum absolute atomic E-state index is 0.156. The molecule has 3 bridgehead atoms. The smallest absolute Gasteiger partial charge is 0.137 e. The van der Waals surface area contributed by atoms with Gasteiger partial charge in [0, 0.05) is 55.8 Å². The van der Waals surface area contributed by atoms with E-state index in [4.69, 9.17) is 4.42 Å². The first kappa shape index (κ1) is 30.2. The minimum atomic E-state index is 0.156. The summed E-state index contributed by atoms with van der Waals surface area (Å²) in [5, 5.41) is 4.82. The Bertz CT molecular complexity index is 3130. The maximum absolute atomic E-state index is 6.54. The van der Waals surface area contributed by atoms with Gasteiger partial charge in [-0.15, -0.1) is 0 Å². The zero-order valence-corrected chi connectivity index (χ0v) is 31.2. The summed E-state index contributed by atoms with van der Waals surface area (Å²) in [6.45, 7) is 0. The Balaban J connectivity index is 1.01. The van der Waals surface area contributed by atoms with Crippen LogP contribution in [0.4, 0.5) is 17.1 Å². The zero-order chi connectivity index (χ0) is 36.3. The third-order valence-electron chi connectivity index (χ3n) is 15.7. The van der Waals surface area contributed by atoms with E-state index in [0.717, 1.165) is 57.0 Å². The summed E-state index contributed by atoms with van der Waals surface area (Å²) in [6, 6.07) is 58.9. The van der Waals surface area contributed by atoms with E-state index in [2.05, 4.69) is 167 Å². The lowest BCUT2D eigenvalue weighted by Crippen LogP contribution is -2.50. The van der Waals surface area contributed by atoms with Crippen LogP contribution in [0, 0.1) is 29.1 Å². The number of furan rings is 1. The van der Waals surface area contributed by atoms with E-state index in [0.29, 0.717) is 5.41 Å². The van der Waals surface area contributed by atoms with Gasteiger partial charge in [-0.3, -0.25) is 0 Å². The summed E-state index contributed by atoms with van der Waals surface area (Å²) >= 11 is 0. The number of para-hydroxylation sites is 3. The standard InChI is InChI=1S/C53H40N2O/c1-2-10-35(11-3-1)55-47-16-8-5-13-40(47)41-21-18-37(28-48(41)55)54(38-19-22-43-42-14-6-9-17-49(42)56-50(43)29-38)36-20-23-46-44(27-36)39-12-4-7-15-45(39)53(46)34-25-32-24-33-26-51(53)52(33,30-32)31-34/h1-23,27-29,32-34,51H,24-26,30-31H2. The molecule has 4 saturated carbocycles. The number of nitrogens with zero attached hydrogens (tertiary/aromatic N) is 2. The average molecular weight is 721 g/mol. The molecule has 2 heterocycles. The fourth-order valence-corrected chi connectivity index (χ4v) is 13.9. The van der Waals surface area contributed by atoms with E-state index < -0.39 is 0 Å². The molecule has 3 nitrogen and oxygen atoms in total. The number of benzene rings is 7. The Morgan fingerprint density at radius 1 is 0.500 bits per heavy atom. The van der Waals surface area contributed by atoms with Gasteiger partial charge in [0.2, 0.25) is 0 Å². The van der Waals surface area contributed by atoms with Crippen LogP contribution in [-0.2, 0) is 5.41 Å². The third-order valence-corrected chi connectivity index (χ3v) is 15.7. The van der Waals surface area contributed by atoms with E-state index in [1.54, 1.807) is 11.1 Å². The molecule has 7 aromatic carbocycles. The summed E-state index contributed by atoms with van der Waals surface area (Å²) < 4.78 is 8.96. The number of anilines is 3. The molecule has 9 aromatic rings. The highest BCUT2D eigenvalue weighted by molar-refractivity contribution is 6.11. The molecule has 2 aromatic heterocycles. The minimum Gasteiger partial charge on any atom is -0.456 e. The molecule has 0 saturated heterocycles. The molecule has 3 heteroatoms. The van der Waals surface area contributed by atoms with Gasteiger partial charge in [-0.2, -0.15) is 0 Å². The highest BCUT2D eigenvalue weighted by Crippen LogP contribution is 2.83. The molecule has 4 fully saturated rings. The average Bonchev–Trinajstić information content (AvgIpc) is 3.95. The zero-order valence-electron chi connectivity index (χ0n) is 31.2. The van der Waals surface area contributed by atoms with Gasteiger partial charge in [0.05, 0.1) is 11.0 Å². The van der Waals surface area contributed by atoms with Crippen molar-refractivity contribution >= 4 is 60.8 Å². The lowest BCUT2D eigenvalue weighted by molar-refractivity contribution is -0.0193. The normalized spacial score (nSPS) is 26.4. The molecule has 268 valence electrons. The first-order valence-electron chi connectivity index (χ1n) is 20.7. The van der Waals surface area contributed by atoms with E-state index in [1.807, 2.05) is 0 Å². The van der Waals surface area contributed by atoms with Crippen molar-refractivity contribution in [1.29, 1.82) is 0 Å². The van der Waals surface area contributed by atoms with Gasteiger partial charge in [-0.25, -0.2) is 0 Å². The van der Waals surface area contributed by atoms with Crippen LogP contribution in [0.1, 0.15) is 43.2 Å². The summed E-state index contributed by atoms with van der Waals surface area (Å²) in [6.07, 6.45) is 7.24. The fourth-order valence-electron chi connectivity index (χ4n) is 13.9. The van der Waals surface area contributed by atoms with Gasteiger partial charge in [0.1, 0.15) is 11.2 Å². The number of hydrogen-bond acceptors (Lipinski definition) is 2. The Kier molecular flexibility index (Phi) is 5.61. The molecular formula is C53H40N2O. The van der Waals surface area contributed by atoms with Crippen LogP contribution >= 0.6 is 0 Å². The van der Waals surface area contributed by atoms with Crippen molar-refractivity contribution in [2.24, 2.45) is 29.1 Å². The SMILES string of the molecule is c1ccc(-n2c3ccccc3c3ccc(N(c4ccc5c(c4)-c4ccccc4C54C5CC6CC7CC4C7(C6)C5)c4ccc5c(c4)oc4ccccc45)cc32)cc1. The Morgan fingerprint density at radius 3 is 2.11 bits per heavy atom. The summed E-state index contributed by atoms with van der Waals surface area (Å²) in [5.41, 5.74) is 15.7. The van der Waals surface area contributed by atoms with Crippen LogP contribution in [-0.4, -0.2) is 4.57 Å². The van der Waals surface area contributed by atoms with Crippen LogP contribution in [0.5, 0.6) is 0 Å². The number of aromatic nitrogens is 1. The van der Waals surface area contributed by atoms with E-state index in [1.165, 1.54) is 76.4 Å². The predicted octanol–water partition coefficient (Wildman–Crippen LogP) is 13.9. The molecule has 6 atom stereocenters. The van der Waals surface area contributed by atoms with Gasteiger partial charge in [0.15, 0.2) is 0 Å². The Labute approximate surface area is 325 Å². The third kappa shape index (κ3) is 3.57. The monoisotopic (exact) mass is 720 g/mol. The molecular weight excluding hydrogens is 681 g/mol. The van der Waals surface area contributed by atoms with Gasteiger partial charge in [-0.05, 0) is 144 Å². The predicted molar refractivity (Wildman–Crippen MR) is 228 cm³/mol. The highest BCUT2D eigenvalue weighted by Gasteiger charge is 2.76. The van der Waals surface area contributed by atoms with Crippen molar-refractivity contribution in [2.45, 2.75) is 37.5 Å². The maximum Gasteiger partial charge on any atom is 0.137 e. The summed E-state index contributed by atoms with van der Waals surface area (Å²) in [5.74, 6) is 3.42. The second-order valence-electron chi connectivity index (χ2n) is 17.8. The van der Waals surface area contributed by atoms with Crippen molar-refractivity contribution in [3.8, 4) is 16.8 Å². The van der Waals surface area contributed by atoms with Crippen molar-refractivity contribution < 1.29 is 4.42 Å². The van der Waals surface area contributed by atoms with E-state index >= 15 is 0 Å². The molecule has 56 heavy (non-hydrogen) atoms. The van der Waals surface area contributed by atoms with Crippen molar-refractivity contribution in [1.82, 2.24) is 4.57 Å². The van der Waals surface area contributed by atoms with Gasteiger partial charge >= 0.3 is 0 Å². The number of hydrogen-bond donors (Lipinski definition) is 0. The van der Waals surface area contributed by atoms with Crippen molar-refractivity contribution in [2.75, 3.05) is 4.90 Å². The molecule has 2 spiro atoms. The quantitative estimate of drug-likeness (QED) is 0.180. The number of rotatable bonds is 4. The maximum atomic E-state index is 6.54. The largest absolute Gasteiger partial charge is 0.456 e. The first-order valence-corrected chi connectivity index (χ1v) is 20.7. The highest BCUT2D eigenvalue weighted by atomic mass is 16.3. The topological polar surface area (TPSA) is 21.3 Å².